The number of thiol groups is 1. The minimum Gasteiger partial charge on any atom is -0.402 e. The number of fused-ring (bicyclic) bond motifs is 1. The second kappa shape index (κ2) is 14.5. The number of aryl methyl sites for hydroxylation is 1. The SMILES string of the molecule is C=C(/C=C\C(S)=C/C)/C=C(\N)CCN1CC=CC1.CCN1CCC(N2CCc3cc(C)ccc32)CC1. The number of likely N-dealkylation sites (tertiary alicyclic amines) is 1. The Morgan fingerprint density at radius 1 is 1.11 bits per heavy atom. The monoisotopic (exact) mass is 506 g/mol. The van der Waals surface area contributed by atoms with Crippen LogP contribution >= 0.6 is 12.6 Å². The first-order chi connectivity index (χ1) is 17.4. The van der Waals surface area contributed by atoms with E-state index in [4.69, 9.17) is 5.73 Å². The van der Waals surface area contributed by atoms with Crippen molar-refractivity contribution in [3.05, 3.63) is 88.5 Å². The first-order valence-electron chi connectivity index (χ1n) is 13.5. The molecule has 0 spiro atoms. The summed E-state index contributed by atoms with van der Waals surface area (Å²) in [7, 11) is 0. The van der Waals surface area contributed by atoms with Crippen molar-refractivity contribution in [2.45, 2.75) is 52.5 Å². The summed E-state index contributed by atoms with van der Waals surface area (Å²) in [5, 5.41) is 0. The summed E-state index contributed by atoms with van der Waals surface area (Å²) in [4.78, 5) is 8.52. The van der Waals surface area contributed by atoms with Crippen LogP contribution in [0.15, 0.2) is 77.4 Å². The summed E-state index contributed by atoms with van der Waals surface area (Å²) in [6.45, 7) is 18.4. The molecule has 36 heavy (non-hydrogen) atoms. The topological polar surface area (TPSA) is 35.7 Å². The minimum atomic E-state index is 0.775. The molecule has 1 aromatic rings. The highest BCUT2D eigenvalue weighted by Gasteiger charge is 2.28. The van der Waals surface area contributed by atoms with E-state index in [0.717, 1.165) is 48.3 Å². The van der Waals surface area contributed by atoms with Crippen LogP contribution in [0.2, 0.25) is 0 Å². The molecule has 1 saturated heterocycles. The fourth-order valence-electron chi connectivity index (χ4n) is 5.12. The van der Waals surface area contributed by atoms with Gasteiger partial charge in [-0.3, -0.25) is 4.90 Å². The molecule has 0 amide bonds. The van der Waals surface area contributed by atoms with Gasteiger partial charge in [0.25, 0.3) is 0 Å². The quantitative estimate of drug-likeness (QED) is 0.262. The predicted molar refractivity (Wildman–Crippen MR) is 161 cm³/mol. The van der Waals surface area contributed by atoms with Crippen molar-refractivity contribution < 1.29 is 0 Å². The average Bonchev–Trinajstić information content (AvgIpc) is 3.56. The Balaban J connectivity index is 0.000000201. The van der Waals surface area contributed by atoms with E-state index in [1.54, 1.807) is 5.56 Å². The number of piperidine rings is 1. The van der Waals surface area contributed by atoms with Gasteiger partial charge in [0.2, 0.25) is 0 Å². The lowest BCUT2D eigenvalue weighted by Crippen LogP contribution is -2.44. The standard InChI is InChI=1S/C16H24N2.C15H22N2S/c1-3-17-9-7-15(8-10-17)18-11-6-14-12-13(2)4-5-16(14)18;1-3-15(18)7-6-13(2)12-14(16)8-11-17-9-4-5-10-17/h4-5,12,15H,3,6-11H2,1-2H3;3-7,12,18H,2,8-11,16H2,1H3/b;7-6-,14-12-,15-3+. The van der Waals surface area contributed by atoms with E-state index in [2.05, 4.69) is 78.1 Å². The molecule has 1 aromatic carbocycles. The highest BCUT2D eigenvalue weighted by molar-refractivity contribution is 7.84. The van der Waals surface area contributed by atoms with Crippen LogP contribution in [0.25, 0.3) is 0 Å². The summed E-state index contributed by atoms with van der Waals surface area (Å²) >= 11 is 4.26. The fraction of sp³-hybridized carbons (Fsp3) is 0.484. The third kappa shape index (κ3) is 8.72. The Bertz CT molecular complexity index is 974. The zero-order valence-corrected chi connectivity index (χ0v) is 23.5. The molecule has 0 radical (unpaired) electrons. The molecular formula is C31H46N4S. The van der Waals surface area contributed by atoms with Crippen LogP contribution in [-0.4, -0.2) is 61.7 Å². The minimum absolute atomic E-state index is 0.775. The molecule has 0 aliphatic carbocycles. The molecule has 1 fully saturated rings. The number of nitrogens with two attached hydrogens (primary N) is 1. The van der Waals surface area contributed by atoms with Crippen LogP contribution in [0.1, 0.15) is 44.2 Å². The van der Waals surface area contributed by atoms with E-state index in [9.17, 15) is 0 Å². The smallest absolute Gasteiger partial charge is 0.0402 e. The van der Waals surface area contributed by atoms with Crippen molar-refractivity contribution in [1.82, 2.24) is 9.80 Å². The van der Waals surface area contributed by atoms with Crippen molar-refractivity contribution in [3.63, 3.8) is 0 Å². The van der Waals surface area contributed by atoms with E-state index in [1.165, 1.54) is 56.7 Å². The number of nitrogens with zero attached hydrogens (tertiary/aromatic N) is 3. The summed E-state index contributed by atoms with van der Waals surface area (Å²) in [5.41, 5.74) is 12.2. The van der Waals surface area contributed by atoms with E-state index < -0.39 is 0 Å². The molecule has 5 heteroatoms. The Labute approximate surface area is 225 Å². The highest BCUT2D eigenvalue weighted by atomic mass is 32.1. The number of hydrogen-bond donors (Lipinski definition) is 2. The maximum absolute atomic E-state index is 5.98. The van der Waals surface area contributed by atoms with E-state index in [0.29, 0.717) is 0 Å². The molecule has 4 rings (SSSR count). The van der Waals surface area contributed by atoms with E-state index in [-0.39, 0.29) is 0 Å². The average molecular weight is 507 g/mol. The van der Waals surface area contributed by atoms with E-state index in [1.807, 2.05) is 31.2 Å². The molecule has 4 nitrogen and oxygen atoms in total. The van der Waals surface area contributed by atoms with E-state index >= 15 is 0 Å². The number of anilines is 1. The van der Waals surface area contributed by atoms with Crippen molar-refractivity contribution in [3.8, 4) is 0 Å². The van der Waals surface area contributed by atoms with Gasteiger partial charge in [-0.15, -0.1) is 12.6 Å². The van der Waals surface area contributed by atoms with Crippen LogP contribution in [0.3, 0.4) is 0 Å². The molecular weight excluding hydrogens is 460 g/mol. The molecule has 3 heterocycles. The van der Waals surface area contributed by atoms with Gasteiger partial charge in [0.05, 0.1) is 0 Å². The van der Waals surface area contributed by atoms with Crippen molar-refractivity contribution >= 4 is 18.3 Å². The highest BCUT2D eigenvalue weighted by Crippen LogP contribution is 2.33. The van der Waals surface area contributed by atoms with Gasteiger partial charge in [-0.25, -0.2) is 0 Å². The number of hydrogen-bond acceptors (Lipinski definition) is 5. The van der Waals surface area contributed by atoms with Gasteiger partial charge in [0.1, 0.15) is 0 Å². The molecule has 0 bridgehead atoms. The molecule has 3 aliphatic heterocycles. The third-order valence-corrected chi connectivity index (χ3v) is 7.76. The Kier molecular flexibility index (Phi) is 11.4. The van der Waals surface area contributed by atoms with Gasteiger partial charge in [0, 0.05) is 56.7 Å². The van der Waals surface area contributed by atoms with Crippen LogP contribution < -0.4 is 10.6 Å². The van der Waals surface area contributed by atoms with Crippen molar-refractivity contribution in [2.24, 2.45) is 5.73 Å². The lowest BCUT2D eigenvalue weighted by molar-refractivity contribution is 0.219. The molecule has 0 saturated carbocycles. The maximum Gasteiger partial charge on any atom is 0.0402 e. The van der Waals surface area contributed by atoms with Crippen LogP contribution in [0.5, 0.6) is 0 Å². The number of benzene rings is 1. The Morgan fingerprint density at radius 2 is 1.83 bits per heavy atom. The molecule has 2 N–H and O–H groups in total. The molecule has 196 valence electrons. The first kappa shape index (κ1) is 28.4. The normalized spacial score (nSPS) is 19.6. The van der Waals surface area contributed by atoms with Crippen LogP contribution in [-0.2, 0) is 6.42 Å². The summed E-state index contributed by atoms with van der Waals surface area (Å²) in [6.07, 6.45) is 16.9. The predicted octanol–water partition coefficient (Wildman–Crippen LogP) is 5.88. The van der Waals surface area contributed by atoms with Crippen molar-refractivity contribution in [2.75, 3.05) is 50.7 Å². The van der Waals surface area contributed by atoms with Gasteiger partial charge in [-0.2, -0.15) is 0 Å². The summed E-state index contributed by atoms with van der Waals surface area (Å²) < 4.78 is 0. The number of allylic oxidation sites excluding steroid dienone is 5. The maximum atomic E-state index is 5.98. The largest absolute Gasteiger partial charge is 0.402 e. The van der Waals surface area contributed by atoms with Crippen LogP contribution in [0, 0.1) is 6.92 Å². The second-order valence-electron chi connectivity index (χ2n) is 10.1. The zero-order valence-electron chi connectivity index (χ0n) is 22.6. The lowest BCUT2D eigenvalue weighted by Gasteiger charge is -2.37. The van der Waals surface area contributed by atoms with Gasteiger partial charge in [-0.05, 0) is 80.3 Å². The molecule has 0 atom stereocenters. The first-order valence-corrected chi connectivity index (χ1v) is 14.0. The zero-order chi connectivity index (χ0) is 25.9. The fourth-order valence-corrected chi connectivity index (χ4v) is 5.20. The van der Waals surface area contributed by atoms with Gasteiger partial charge >= 0.3 is 0 Å². The molecule has 0 aromatic heterocycles. The Morgan fingerprint density at radius 3 is 2.50 bits per heavy atom. The summed E-state index contributed by atoms with van der Waals surface area (Å²) in [6, 6.07) is 7.75. The Hall–Kier alpha value is -2.21. The van der Waals surface area contributed by atoms with Crippen LogP contribution in [0.4, 0.5) is 5.69 Å². The number of rotatable bonds is 8. The summed E-state index contributed by atoms with van der Waals surface area (Å²) in [5.74, 6) is 0. The lowest BCUT2D eigenvalue weighted by atomic mass is 10.0. The van der Waals surface area contributed by atoms with Crippen molar-refractivity contribution in [1.29, 1.82) is 0 Å². The molecule has 3 aliphatic rings. The van der Waals surface area contributed by atoms with Gasteiger partial charge < -0.3 is 15.5 Å². The van der Waals surface area contributed by atoms with Gasteiger partial charge in [-0.1, -0.05) is 55.5 Å². The van der Waals surface area contributed by atoms with Gasteiger partial charge in [0.15, 0.2) is 0 Å². The molecule has 0 unspecified atom stereocenters. The third-order valence-electron chi connectivity index (χ3n) is 7.36. The second-order valence-corrected chi connectivity index (χ2v) is 10.6.